The lowest BCUT2D eigenvalue weighted by Gasteiger charge is -2.27. The molecule has 10 heteroatoms. The molecule has 0 saturated heterocycles. The lowest BCUT2D eigenvalue weighted by Crippen LogP contribution is -2.43. The molecule has 1 aromatic heterocycles. The maximum absolute atomic E-state index is 13.5. The molecule has 0 radical (unpaired) electrons. The Hall–Kier alpha value is -3.95. The Morgan fingerprint density at radius 2 is 1.69 bits per heavy atom. The smallest absolute Gasteiger partial charge is 0.416 e. The molecule has 2 amide bonds. The van der Waals surface area contributed by atoms with E-state index >= 15 is 0 Å². The van der Waals surface area contributed by atoms with Crippen LogP contribution in [0.3, 0.4) is 0 Å². The van der Waals surface area contributed by atoms with Crippen molar-refractivity contribution in [3.63, 3.8) is 0 Å². The van der Waals surface area contributed by atoms with Crippen molar-refractivity contribution in [3.8, 4) is 11.5 Å². The molecule has 36 heavy (non-hydrogen) atoms. The Morgan fingerprint density at radius 1 is 0.944 bits per heavy atom. The van der Waals surface area contributed by atoms with Crippen molar-refractivity contribution in [2.24, 2.45) is 0 Å². The molecule has 1 fully saturated rings. The van der Waals surface area contributed by atoms with Gasteiger partial charge in [0.25, 0.3) is 5.91 Å². The Morgan fingerprint density at radius 3 is 2.36 bits per heavy atom. The van der Waals surface area contributed by atoms with Crippen molar-refractivity contribution in [2.45, 2.75) is 38.1 Å². The van der Waals surface area contributed by atoms with E-state index in [1.807, 2.05) is 6.07 Å². The number of amides is 2. The van der Waals surface area contributed by atoms with Crippen molar-refractivity contribution in [2.75, 3.05) is 13.3 Å². The number of furan rings is 1. The molecule has 0 unspecified atom stereocenters. The molecule has 188 valence electrons. The second kappa shape index (κ2) is 9.60. The van der Waals surface area contributed by atoms with Gasteiger partial charge >= 0.3 is 6.18 Å². The summed E-state index contributed by atoms with van der Waals surface area (Å²) in [7, 11) is 0. The third kappa shape index (κ3) is 5.32. The first kappa shape index (κ1) is 23.8. The summed E-state index contributed by atoms with van der Waals surface area (Å²) in [6.45, 7) is 0.364. The van der Waals surface area contributed by atoms with Gasteiger partial charge in [-0.3, -0.25) is 9.59 Å². The molecule has 1 saturated carbocycles. The fraction of sp³-hybridized carbons (Fsp3) is 0.308. The van der Waals surface area contributed by atoms with Gasteiger partial charge in [0.05, 0.1) is 18.4 Å². The second-order valence-corrected chi connectivity index (χ2v) is 8.76. The summed E-state index contributed by atoms with van der Waals surface area (Å²) in [5.74, 6) is 1.02. The number of hydrogen-bond acceptors (Lipinski definition) is 5. The summed E-state index contributed by atoms with van der Waals surface area (Å²) in [6.07, 6.45) is -1.50. The maximum Gasteiger partial charge on any atom is 0.416 e. The fourth-order valence-electron chi connectivity index (χ4n) is 4.05. The molecule has 1 aliphatic heterocycles. The van der Waals surface area contributed by atoms with Crippen LogP contribution in [0, 0.1) is 0 Å². The first-order valence-electron chi connectivity index (χ1n) is 11.4. The number of rotatable bonds is 8. The van der Waals surface area contributed by atoms with Crippen LogP contribution in [0.2, 0.25) is 0 Å². The van der Waals surface area contributed by atoms with E-state index in [0.29, 0.717) is 17.3 Å². The molecule has 3 aromatic rings. The van der Waals surface area contributed by atoms with Gasteiger partial charge < -0.3 is 23.7 Å². The molecule has 1 aliphatic carbocycles. The van der Waals surface area contributed by atoms with Crippen LogP contribution in [0.15, 0.2) is 65.3 Å². The molecule has 2 aliphatic rings. The highest BCUT2D eigenvalue weighted by Crippen LogP contribution is 2.34. The highest BCUT2D eigenvalue weighted by molar-refractivity contribution is 5.97. The van der Waals surface area contributed by atoms with Crippen LogP contribution >= 0.6 is 0 Å². The van der Waals surface area contributed by atoms with Crippen molar-refractivity contribution in [3.05, 3.63) is 83.3 Å². The maximum atomic E-state index is 13.5. The van der Waals surface area contributed by atoms with E-state index < -0.39 is 17.6 Å². The van der Waals surface area contributed by atoms with Gasteiger partial charge in [-0.2, -0.15) is 13.2 Å². The average Bonchev–Trinajstić information content (AvgIpc) is 3.36. The molecule has 5 rings (SSSR count). The third-order valence-corrected chi connectivity index (χ3v) is 6.10. The largest absolute Gasteiger partial charge is 0.467 e. The first-order chi connectivity index (χ1) is 17.3. The van der Waals surface area contributed by atoms with Crippen LogP contribution in [0.1, 0.15) is 40.1 Å². The first-order valence-corrected chi connectivity index (χ1v) is 11.4. The van der Waals surface area contributed by atoms with Gasteiger partial charge in [-0.05, 0) is 66.9 Å². The monoisotopic (exact) mass is 500 g/mol. The number of halogens is 3. The Kier molecular flexibility index (Phi) is 6.34. The molecule has 0 atom stereocenters. The van der Waals surface area contributed by atoms with Gasteiger partial charge in [0.2, 0.25) is 12.7 Å². The van der Waals surface area contributed by atoms with Gasteiger partial charge in [-0.15, -0.1) is 0 Å². The van der Waals surface area contributed by atoms with Gasteiger partial charge in [0.1, 0.15) is 12.3 Å². The molecule has 0 spiro atoms. The van der Waals surface area contributed by atoms with E-state index in [2.05, 4.69) is 0 Å². The molecule has 7 nitrogen and oxygen atoms in total. The van der Waals surface area contributed by atoms with E-state index in [0.717, 1.165) is 42.7 Å². The number of hydrogen-bond donors (Lipinski definition) is 0. The standard InChI is InChI=1S/C26H23F3N2O5/c27-26(28,29)19-6-4-18(5-7-19)25(33)31(20-8-9-20)15-24(32)30(14-21-2-1-11-34-21)13-17-3-10-22-23(12-17)36-16-35-22/h1-7,10-12,20H,8-9,13-16H2. The molecule has 2 heterocycles. The van der Waals surface area contributed by atoms with Gasteiger partial charge in [-0.1, -0.05) is 6.07 Å². The zero-order valence-corrected chi connectivity index (χ0v) is 19.2. The minimum absolute atomic E-state index is 0.107. The average molecular weight is 500 g/mol. The quantitative estimate of drug-likeness (QED) is 0.442. The van der Waals surface area contributed by atoms with Gasteiger partial charge in [-0.25, -0.2) is 0 Å². The third-order valence-electron chi connectivity index (χ3n) is 6.10. The summed E-state index contributed by atoms with van der Waals surface area (Å²) >= 11 is 0. The molecule has 0 N–H and O–H groups in total. The van der Waals surface area contributed by atoms with Crippen molar-refractivity contribution < 1.29 is 36.7 Å². The summed E-state index contributed by atoms with van der Waals surface area (Å²) in [6, 6.07) is 12.8. The highest BCUT2D eigenvalue weighted by Gasteiger charge is 2.36. The summed E-state index contributed by atoms with van der Waals surface area (Å²) in [4.78, 5) is 29.7. The van der Waals surface area contributed by atoms with E-state index in [1.165, 1.54) is 11.2 Å². The number of carbonyl (C=O) groups excluding carboxylic acids is 2. The van der Waals surface area contributed by atoms with Crippen LogP contribution in [-0.2, 0) is 24.1 Å². The normalized spacial score (nSPS) is 14.5. The number of nitrogens with zero attached hydrogens (tertiary/aromatic N) is 2. The number of carbonyl (C=O) groups is 2. The number of ether oxygens (including phenoxy) is 2. The van der Waals surface area contributed by atoms with Crippen molar-refractivity contribution in [1.29, 1.82) is 0 Å². The highest BCUT2D eigenvalue weighted by atomic mass is 19.4. The lowest BCUT2D eigenvalue weighted by atomic mass is 10.1. The molecule has 0 bridgehead atoms. The predicted molar refractivity (Wildman–Crippen MR) is 121 cm³/mol. The summed E-state index contributed by atoms with van der Waals surface area (Å²) in [5.41, 5.74) is 0.0868. The molecule has 2 aromatic carbocycles. The van der Waals surface area contributed by atoms with E-state index in [4.69, 9.17) is 13.9 Å². The summed E-state index contributed by atoms with van der Waals surface area (Å²) in [5, 5.41) is 0. The van der Waals surface area contributed by atoms with Crippen LogP contribution in [0.25, 0.3) is 0 Å². The zero-order valence-electron chi connectivity index (χ0n) is 19.2. The number of benzene rings is 2. The van der Waals surface area contributed by atoms with Crippen LogP contribution in [-0.4, -0.2) is 41.0 Å². The van der Waals surface area contributed by atoms with Crippen LogP contribution in [0.4, 0.5) is 13.2 Å². The van der Waals surface area contributed by atoms with E-state index in [-0.39, 0.29) is 43.9 Å². The Bertz CT molecular complexity index is 1240. The Balaban J connectivity index is 1.34. The van der Waals surface area contributed by atoms with E-state index in [9.17, 15) is 22.8 Å². The van der Waals surface area contributed by atoms with E-state index in [1.54, 1.807) is 29.2 Å². The second-order valence-electron chi connectivity index (χ2n) is 8.76. The van der Waals surface area contributed by atoms with Crippen molar-refractivity contribution in [1.82, 2.24) is 9.80 Å². The number of alkyl halides is 3. The molecular weight excluding hydrogens is 477 g/mol. The minimum Gasteiger partial charge on any atom is -0.467 e. The van der Waals surface area contributed by atoms with Gasteiger partial charge in [0, 0.05) is 18.2 Å². The van der Waals surface area contributed by atoms with Crippen molar-refractivity contribution >= 4 is 11.8 Å². The van der Waals surface area contributed by atoms with Gasteiger partial charge in [0.15, 0.2) is 11.5 Å². The predicted octanol–water partition coefficient (Wildman–Crippen LogP) is 4.86. The number of fused-ring (bicyclic) bond motifs is 1. The topological polar surface area (TPSA) is 72.2 Å². The Labute approximate surface area is 205 Å². The van der Waals surface area contributed by atoms with Crippen LogP contribution in [0.5, 0.6) is 11.5 Å². The zero-order chi connectivity index (χ0) is 25.3. The minimum atomic E-state index is -4.49. The van der Waals surface area contributed by atoms with Crippen LogP contribution < -0.4 is 9.47 Å². The summed E-state index contributed by atoms with van der Waals surface area (Å²) < 4.78 is 55.0. The SMILES string of the molecule is O=C(CN(C(=O)c1ccc(C(F)(F)F)cc1)C1CC1)N(Cc1ccc2c(c1)OCO2)Cc1ccco1. The molecular formula is C26H23F3N2O5. The lowest BCUT2D eigenvalue weighted by molar-refractivity contribution is -0.137. The fourth-order valence-corrected chi connectivity index (χ4v) is 4.05.